The molecule has 0 atom stereocenters. The van der Waals surface area contributed by atoms with Gasteiger partial charge >= 0.3 is 0 Å². The van der Waals surface area contributed by atoms with Crippen molar-refractivity contribution >= 4 is 39.1 Å². The van der Waals surface area contributed by atoms with E-state index in [1.807, 2.05) is 12.1 Å². The third-order valence-corrected chi connectivity index (χ3v) is 7.41. The fourth-order valence-corrected chi connectivity index (χ4v) is 5.61. The van der Waals surface area contributed by atoms with Gasteiger partial charge in [0, 0.05) is 37.9 Å². The van der Waals surface area contributed by atoms with Crippen molar-refractivity contribution in [1.29, 1.82) is 0 Å². The molecule has 144 valence electrons. The zero-order chi connectivity index (χ0) is 19.4. The molecule has 0 aliphatic carbocycles. The van der Waals surface area contributed by atoms with E-state index in [-0.39, 0.29) is 39.9 Å². The lowest BCUT2D eigenvalue weighted by atomic mass is 9.97. The fourth-order valence-electron chi connectivity index (χ4n) is 3.05. The Balaban J connectivity index is 1.60. The Kier molecular flexibility index (Phi) is 6.37. The molecule has 6 nitrogen and oxygen atoms in total. The molecule has 0 bridgehead atoms. The number of amides is 1. The number of hydrogen-bond donors (Lipinski definition) is 1. The predicted octanol–water partition coefficient (Wildman–Crippen LogP) is 3.11. The van der Waals surface area contributed by atoms with Crippen LogP contribution in [0.15, 0.2) is 47.6 Å². The Morgan fingerprint density at radius 3 is 2.30 bits per heavy atom. The number of sulfonamides is 1. The SMILES string of the molecule is O=C(NCc1ccncc1)C1CCN(S(=O)(=O)c2c(Cl)cccc2Cl)CC1. The van der Waals surface area contributed by atoms with Crippen LogP contribution in [0.2, 0.25) is 10.0 Å². The van der Waals surface area contributed by atoms with Crippen LogP contribution in [0.3, 0.4) is 0 Å². The number of aromatic nitrogens is 1. The van der Waals surface area contributed by atoms with E-state index in [2.05, 4.69) is 10.3 Å². The maximum absolute atomic E-state index is 12.9. The van der Waals surface area contributed by atoms with Gasteiger partial charge in [-0.1, -0.05) is 29.3 Å². The van der Waals surface area contributed by atoms with Gasteiger partial charge in [0.05, 0.1) is 10.0 Å². The molecule has 1 saturated heterocycles. The van der Waals surface area contributed by atoms with Crippen molar-refractivity contribution in [1.82, 2.24) is 14.6 Å². The molecule has 1 N–H and O–H groups in total. The van der Waals surface area contributed by atoms with E-state index in [9.17, 15) is 13.2 Å². The molecule has 27 heavy (non-hydrogen) atoms. The molecule has 0 radical (unpaired) electrons. The van der Waals surface area contributed by atoms with Crippen LogP contribution in [-0.4, -0.2) is 36.7 Å². The predicted molar refractivity (Wildman–Crippen MR) is 104 cm³/mol. The number of benzene rings is 1. The summed E-state index contributed by atoms with van der Waals surface area (Å²) in [6.45, 7) is 0.920. The topological polar surface area (TPSA) is 79.4 Å². The minimum Gasteiger partial charge on any atom is -0.352 e. The molecule has 1 aromatic carbocycles. The second-order valence-electron chi connectivity index (χ2n) is 6.30. The lowest BCUT2D eigenvalue weighted by molar-refractivity contribution is -0.126. The summed E-state index contributed by atoms with van der Waals surface area (Å²) < 4.78 is 27.1. The highest BCUT2D eigenvalue weighted by molar-refractivity contribution is 7.89. The summed E-state index contributed by atoms with van der Waals surface area (Å²) in [6.07, 6.45) is 4.24. The van der Waals surface area contributed by atoms with Crippen molar-refractivity contribution < 1.29 is 13.2 Å². The summed E-state index contributed by atoms with van der Waals surface area (Å²) in [5.41, 5.74) is 0.965. The summed E-state index contributed by atoms with van der Waals surface area (Å²) in [7, 11) is -3.80. The maximum Gasteiger partial charge on any atom is 0.246 e. The number of carbonyl (C=O) groups is 1. The summed E-state index contributed by atoms with van der Waals surface area (Å²) in [6, 6.07) is 8.27. The van der Waals surface area contributed by atoms with Gasteiger partial charge in [-0.05, 0) is 42.7 Å². The normalized spacial score (nSPS) is 16.2. The third-order valence-electron chi connectivity index (χ3n) is 4.56. The average Bonchev–Trinajstić information content (AvgIpc) is 2.67. The maximum atomic E-state index is 12.9. The molecule has 1 fully saturated rings. The first-order valence-corrected chi connectivity index (χ1v) is 10.7. The molecule has 9 heteroatoms. The first-order valence-electron chi connectivity index (χ1n) is 8.50. The van der Waals surface area contributed by atoms with Crippen molar-refractivity contribution in [2.45, 2.75) is 24.3 Å². The van der Waals surface area contributed by atoms with E-state index >= 15 is 0 Å². The van der Waals surface area contributed by atoms with E-state index in [4.69, 9.17) is 23.2 Å². The second kappa shape index (κ2) is 8.56. The Bertz CT molecular complexity index is 894. The number of piperidine rings is 1. The highest BCUT2D eigenvalue weighted by Crippen LogP contribution is 2.33. The zero-order valence-electron chi connectivity index (χ0n) is 14.4. The Morgan fingerprint density at radius 1 is 1.11 bits per heavy atom. The van der Waals surface area contributed by atoms with Crippen LogP contribution < -0.4 is 5.32 Å². The van der Waals surface area contributed by atoms with Crippen molar-refractivity contribution in [3.05, 3.63) is 58.3 Å². The lowest BCUT2D eigenvalue weighted by Gasteiger charge is -2.31. The van der Waals surface area contributed by atoms with Gasteiger partial charge in [0.2, 0.25) is 15.9 Å². The van der Waals surface area contributed by atoms with Crippen LogP contribution in [0.1, 0.15) is 18.4 Å². The van der Waals surface area contributed by atoms with Crippen molar-refractivity contribution in [2.24, 2.45) is 5.92 Å². The van der Waals surface area contributed by atoms with E-state index in [0.717, 1.165) is 5.56 Å². The van der Waals surface area contributed by atoms with Crippen LogP contribution in [0, 0.1) is 5.92 Å². The smallest absolute Gasteiger partial charge is 0.246 e. The number of rotatable bonds is 5. The summed E-state index contributed by atoms with van der Waals surface area (Å²) in [5.74, 6) is -0.292. The van der Waals surface area contributed by atoms with Crippen LogP contribution in [-0.2, 0) is 21.4 Å². The van der Waals surface area contributed by atoms with E-state index in [1.54, 1.807) is 18.5 Å². The Hall–Kier alpha value is -1.67. The number of carbonyl (C=O) groups excluding carboxylic acids is 1. The van der Waals surface area contributed by atoms with Crippen molar-refractivity contribution in [3.8, 4) is 0 Å². The van der Waals surface area contributed by atoms with Gasteiger partial charge in [0.1, 0.15) is 4.90 Å². The molecule has 1 aromatic heterocycles. The molecule has 1 aliphatic heterocycles. The molecule has 1 amide bonds. The van der Waals surface area contributed by atoms with Crippen molar-refractivity contribution in [2.75, 3.05) is 13.1 Å². The molecule has 2 aromatic rings. The van der Waals surface area contributed by atoms with Gasteiger partial charge in [-0.2, -0.15) is 4.31 Å². The molecule has 2 heterocycles. The molecule has 1 aliphatic rings. The Morgan fingerprint density at radius 2 is 1.70 bits per heavy atom. The van der Waals surface area contributed by atoms with Gasteiger partial charge in [-0.25, -0.2) is 8.42 Å². The minimum atomic E-state index is -3.80. The third kappa shape index (κ3) is 4.60. The molecule has 0 unspecified atom stereocenters. The number of halogens is 2. The number of nitrogens with zero attached hydrogens (tertiary/aromatic N) is 2. The van der Waals surface area contributed by atoms with Crippen LogP contribution in [0.5, 0.6) is 0 Å². The lowest BCUT2D eigenvalue weighted by Crippen LogP contribution is -2.43. The zero-order valence-corrected chi connectivity index (χ0v) is 16.8. The van der Waals surface area contributed by atoms with Gasteiger partial charge in [0.25, 0.3) is 0 Å². The Labute approximate surface area is 168 Å². The number of pyridine rings is 1. The van der Waals surface area contributed by atoms with Crippen LogP contribution in [0.25, 0.3) is 0 Å². The standard InChI is InChI=1S/C18H19Cl2N3O3S/c19-15-2-1-3-16(20)17(15)27(25,26)23-10-6-14(7-11-23)18(24)22-12-13-4-8-21-9-5-13/h1-5,8-9,14H,6-7,10-12H2,(H,22,24). The first-order chi connectivity index (χ1) is 12.9. The van der Waals surface area contributed by atoms with Gasteiger partial charge in [-0.15, -0.1) is 0 Å². The minimum absolute atomic E-state index is 0.0698. The number of nitrogens with one attached hydrogen (secondary N) is 1. The summed E-state index contributed by atoms with van der Waals surface area (Å²) in [5, 5.41) is 3.09. The number of hydrogen-bond acceptors (Lipinski definition) is 4. The van der Waals surface area contributed by atoms with Gasteiger partial charge in [-0.3, -0.25) is 9.78 Å². The van der Waals surface area contributed by atoms with Crippen LogP contribution >= 0.6 is 23.2 Å². The molecular weight excluding hydrogens is 409 g/mol. The molecule has 0 spiro atoms. The van der Waals surface area contributed by atoms with Gasteiger partial charge in [0.15, 0.2) is 0 Å². The molecule has 0 saturated carbocycles. The van der Waals surface area contributed by atoms with Crippen LogP contribution in [0.4, 0.5) is 0 Å². The largest absolute Gasteiger partial charge is 0.352 e. The quantitative estimate of drug-likeness (QED) is 0.794. The average molecular weight is 428 g/mol. The molecule has 3 rings (SSSR count). The van der Waals surface area contributed by atoms with Gasteiger partial charge < -0.3 is 5.32 Å². The first kappa shape index (κ1) is 20.1. The van der Waals surface area contributed by atoms with E-state index in [1.165, 1.54) is 16.4 Å². The van der Waals surface area contributed by atoms with E-state index < -0.39 is 10.0 Å². The monoisotopic (exact) mass is 427 g/mol. The fraction of sp³-hybridized carbons (Fsp3) is 0.333. The van der Waals surface area contributed by atoms with E-state index in [0.29, 0.717) is 19.4 Å². The summed E-state index contributed by atoms with van der Waals surface area (Å²) in [4.78, 5) is 16.2. The highest BCUT2D eigenvalue weighted by Gasteiger charge is 2.34. The second-order valence-corrected chi connectivity index (χ2v) is 8.99. The molecular formula is C18H19Cl2N3O3S. The van der Waals surface area contributed by atoms with Crippen molar-refractivity contribution in [3.63, 3.8) is 0 Å². The summed E-state index contributed by atoms with van der Waals surface area (Å²) >= 11 is 12.1. The highest BCUT2D eigenvalue weighted by atomic mass is 35.5.